The number of hydrogen-bond acceptors (Lipinski definition) is 2. The van der Waals surface area contributed by atoms with Crippen LogP contribution in [0.4, 0.5) is 0 Å². The van der Waals surface area contributed by atoms with Gasteiger partial charge in [0.15, 0.2) is 6.10 Å². The maximum atomic E-state index is 11.3. The fourth-order valence-electron chi connectivity index (χ4n) is 1.73. The fourth-order valence-corrected chi connectivity index (χ4v) is 1.90. The van der Waals surface area contributed by atoms with Gasteiger partial charge in [-0.25, -0.2) is 0 Å². The maximum Gasteiger partial charge on any atom is 0.256 e. The molecule has 2 rings (SSSR count). The number of benzene rings is 1. The van der Waals surface area contributed by atoms with Crippen molar-refractivity contribution in [2.24, 2.45) is 0 Å². The molecule has 1 fully saturated rings. The third-order valence-corrected chi connectivity index (χ3v) is 2.72. The Bertz CT molecular complexity index is 341. The molecule has 4 heteroatoms. The van der Waals surface area contributed by atoms with Crippen molar-refractivity contribution in [2.75, 3.05) is 7.05 Å². The minimum absolute atomic E-state index is 0.0544. The van der Waals surface area contributed by atoms with Gasteiger partial charge in [-0.2, -0.15) is 0 Å². The van der Waals surface area contributed by atoms with E-state index in [1.165, 1.54) is 0 Å². The molecular formula is C10H10ClNO2. The number of carbonyl (C=O) groups excluding carboxylic acids is 1. The third kappa shape index (κ3) is 1.29. The summed E-state index contributed by atoms with van der Waals surface area (Å²) in [5, 5.41) is 0. The average molecular weight is 212 g/mol. The molecule has 0 bridgehead atoms. The summed E-state index contributed by atoms with van der Waals surface area (Å²) in [5.74, 6) is -0.0751. The molecule has 74 valence electrons. The summed E-state index contributed by atoms with van der Waals surface area (Å²) >= 11 is 5.26. The molecule has 1 heterocycles. The maximum absolute atomic E-state index is 11.3. The van der Waals surface area contributed by atoms with E-state index in [1.807, 2.05) is 30.3 Å². The summed E-state index contributed by atoms with van der Waals surface area (Å²) in [6, 6.07) is 9.64. The van der Waals surface area contributed by atoms with Gasteiger partial charge >= 0.3 is 0 Å². The number of likely N-dealkylation sites (N-methyl/N-ethyl adjacent to an activating group) is 1. The van der Waals surface area contributed by atoms with Crippen molar-refractivity contribution < 1.29 is 9.08 Å². The molecule has 0 aromatic heterocycles. The number of halogens is 1. The van der Waals surface area contributed by atoms with Crippen molar-refractivity contribution in [1.29, 1.82) is 0 Å². The van der Waals surface area contributed by atoms with Gasteiger partial charge in [-0.15, -0.1) is 0 Å². The van der Waals surface area contributed by atoms with E-state index in [1.54, 1.807) is 11.9 Å². The summed E-state index contributed by atoms with van der Waals surface area (Å²) in [5.41, 5.74) is 1.04. The summed E-state index contributed by atoms with van der Waals surface area (Å²) in [6.45, 7) is 0. The minimum Gasteiger partial charge on any atom is -0.333 e. The SMILES string of the molecule is CN1C(=O)[C@H](OCl)[C@@H]1c1ccccc1. The molecule has 3 nitrogen and oxygen atoms in total. The second-order valence-electron chi connectivity index (χ2n) is 3.31. The zero-order valence-corrected chi connectivity index (χ0v) is 8.44. The number of β-lactam (4-membered cyclic amide) rings is 1. The van der Waals surface area contributed by atoms with Crippen LogP contribution in [-0.4, -0.2) is 24.0 Å². The Balaban J connectivity index is 2.23. The van der Waals surface area contributed by atoms with E-state index in [0.717, 1.165) is 5.56 Å². The lowest BCUT2D eigenvalue weighted by Gasteiger charge is -2.43. The normalized spacial score (nSPS) is 26.1. The first kappa shape index (κ1) is 9.49. The van der Waals surface area contributed by atoms with Crippen LogP contribution in [-0.2, 0) is 9.08 Å². The summed E-state index contributed by atoms with van der Waals surface area (Å²) < 4.78 is 4.62. The van der Waals surface area contributed by atoms with Crippen LogP contribution in [0.3, 0.4) is 0 Å². The van der Waals surface area contributed by atoms with Crippen molar-refractivity contribution in [2.45, 2.75) is 12.1 Å². The first-order valence-electron chi connectivity index (χ1n) is 4.34. The Morgan fingerprint density at radius 1 is 1.36 bits per heavy atom. The lowest BCUT2D eigenvalue weighted by Crippen LogP contribution is -2.56. The van der Waals surface area contributed by atoms with Crippen LogP contribution >= 0.6 is 11.9 Å². The number of nitrogens with zero attached hydrogens (tertiary/aromatic N) is 1. The highest BCUT2D eigenvalue weighted by Gasteiger charge is 2.47. The number of amides is 1. The van der Waals surface area contributed by atoms with Gasteiger partial charge in [0.1, 0.15) is 0 Å². The summed E-state index contributed by atoms with van der Waals surface area (Å²) in [7, 11) is 1.74. The quantitative estimate of drug-likeness (QED) is 0.698. The van der Waals surface area contributed by atoms with Crippen molar-refractivity contribution in [3.05, 3.63) is 35.9 Å². The first-order valence-corrected chi connectivity index (χ1v) is 4.65. The van der Waals surface area contributed by atoms with Gasteiger partial charge in [-0.1, -0.05) is 30.3 Å². The number of rotatable bonds is 2. The smallest absolute Gasteiger partial charge is 0.256 e. The largest absolute Gasteiger partial charge is 0.333 e. The average Bonchev–Trinajstić information content (AvgIpc) is 2.25. The minimum atomic E-state index is -0.538. The number of likely N-dealkylation sites (tertiary alicyclic amines) is 1. The lowest BCUT2D eigenvalue weighted by atomic mass is 9.92. The second-order valence-corrected chi connectivity index (χ2v) is 3.49. The monoisotopic (exact) mass is 211 g/mol. The van der Waals surface area contributed by atoms with Gasteiger partial charge < -0.3 is 4.90 Å². The predicted molar refractivity (Wildman–Crippen MR) is 52.7 cm³/mol. The Morgan fingerprint density at radius 3 is 2.57 bits per heavy atom. The highest BCUT2D eigenvalue weighted by atomic mass is 35.5. The molecule has 1 aliphatic heterocycles. The van der Waals surface area contributed by atoms with Gasteiger partial charge in [0.05, 0.1) is 17.9 Å². The van der Waals surface area contributed by atoms with E-state index in [2.05, 4.69) is 4.29 Å². The molecule has 0 aliphatic carbocycles. The fraction of sp³-hybridized carbons (Fsp3) is 0.300. The predicted octanol–water partition coefficient (Wildman–Crippen LogP) is 1.74. The van der Waals surface area contributed by atoms with Gasteiger partial charge in [-0.3, -0.25) is 9.08 Å². The Kier molecular flexibility index (Phi) is 2.44. The van der Waals surface area contributed by atoms with Crippen LogP contribution in [0.5, 0.6) is 0 Å². The van der Waals surface area contributed by atoms with Crippen molar-refractivity contribution in [3.63, 3.8) is 0 Å². The van der Waals surface area contributed by atoms with Gasteiger partial charge in [-0.05, 0) is 5.56 Å². The molecular weight excluding hydrogens is 202 g/mol. The molecule has 0 unspecified atom stereocenters. The van der Waals surface area contributed by atoms with E-state index in [9.17, 15) is 4.79 Å². The van der Waals surface area contributed by atoms with E-state index in [-0.39, 0.29) is 11.9 Å². The van der Waals surface area contributed by atoms with E-state index < -0.39 is 6.10 Å². The number of carbonyl (C=O) groups is 1. The molecule has 1 aromatic rings. The Hall–Kier alpha value is -1.06. The topological polar surface area (TPSA) is 29.5 Å². The zero-order valence-electron chi connectivity index (χ0n) is 7.68. The van der Waals surface area contributed by atoms with E-state index in [4.69, 9.17) is 11.9 Å². The third-order valence-electron chi connectivity index (χ3n) is 2.53. The summed E-state index contributed by atoms with van der Waals surface area (Å²) in [4.78, 5) is 12.9. The molecule has 0 saturated carbocycles. The standard InChI is InChI=1S/C10H10ClNO2/c1-12-8(9(14-11)10(12)13)7-5-3-2-4-6-7/h2-6,8-9H,1H3/t8-,9+/m0/s1. The first-order chi connectivity index (χ1) is 6.75. The van der Waals surface area contributed by atoms with Crippen LogP contribution < -0.4 is 0 Å². The molecule has 14 heavy (non-hydrogen) atoms. The van der Waals surface area contributed by atoms with Gasteiger partial charge in [0.25, 0.3) is 5.91 Å². The molecule has 2 atom stereocenters. The highest BCUT2D eigenvalue weighted by Crippen LogP contribution is 2.35. The van der Waals surface area contributed by atoms with E-state index >= 15 is 0 Å². The van der Waals surface area contributed by atoms with Gasteiger partial charge in [0, 0.05) is 7.05 Å². The Labute approximate surface area is 87.4 Å². The zero-order chi connectivity index (χ0) is 10.1. The molecule has 0 spiro atoms. The highest BCUT2D eigenvalue weighted by molar-refractivity contribution is 6.09. The molecule has 0 radical (unpaired) electrons. The van der Waals surface area contributed by atoms with Gasteiger partial charge in [0.2, 0.25) is 0 Å². The van der Waals surface area contributed by atoms with E-state index in [0.29, 0.717) is 0 Å². The van der Waals surface area contributed by atoms with Crippen molar-refractivity contribution in [3.8, 4) is 0 Å². The van der Waals surface area contributed by atoms with Crippen LogP contribution in [0.2, 0.25) is 0 Å². The summed E-state index contributed by atoms with van der Waals surface area (Å²) in [6.07, 6.45) is -0.538. The Morgan fingerprint density at radius 2 is 2.00 bits per heavy atom. The van der Waals surface area contributed by atoms with Crippen LogP contribution in [0.25, 0.3) is 0 Å². The van der Waals surface area contributed by atoms with Crippen LogP contribution in [0, 0.1) is 0 Å². The number of hydrogen-bond donors (Lipinski definition) is 0. The molecule has 1 amide bonds. The second kappa shape index (κ2) is 3.59. The van der Waals surface area contributed by atoms with Crippen molar-refractivity contribution in [1.82, 2.24) is 4.90 Å². The lowest BCUT2D eigenvalue weighted by molar-refractivity contribution is -0.160. The van der Waals surface area contributed by atoms with Crippen LogP contribution in [0.15, 0.2) is 30.3 Å². The van der Waals surface area contributed by atoms with Crippen molar-refractivity contribution >= 4 is 17.8 Å². The molecule has 1 saturated heterocycles. The molecule has 1 aliphatic rings. The molecule has 0 N–H and O–H groups in total. The molecule has 1 aromatic carbocycles. The van der Waals surface area contributed by atoms with Crippen LogP contribution in [0.1, 0.15) is 11.6 Å².